The lowest BCUT2D eigenvalue weighted by Crippen LogP contribution is -2.53. The van der Waals surface area contributed by atoms with Crippen molar-refractivity contribution in [2.45, 2.75) is 38.8 Å². The molecular weight excluding hydrogens is 472 g/mol. The highest BCUT2D eigenvalue weighted by Crippen LogP contribution is 2.24. The average Bonchev–Trinajstić information content (AvgIpc) is 3.21. The van der Waals surface area contributed by atoms with Crippen LogP contribution in [0.2, 0.25) is 0 Å². The average molecular weight is 503 g/mol. The number of hydrogen-bond donors (Lipinski definition) is 2. The largest absolute Gasteiger partial charge is 0.492 e. The summed E-state index contributed by atoms with van der Waals surface area (Å²) in [5, 5.41) is 13.1. The zero-order chi connectivity index (χ0) is 26.1. The van der Waals surface area contributed by atoms with E-state index in [-0.39, 0.29) is 23.6 Å². The van der Waals surface area contributed by atoms with Gasteiger partial charge in [0.05, 0.1) is 22.1 Å². The van der Waals surface area contributed by atoms with Gasteiger partial charge in [0.2, 0.25) is 11.8 Å². The van der Waals surface area contributed by atoms with Gasteiger partial charge in [-0.25, -0.2) is 9.97 Å². The van der Waals surface area contributed by atoms with E-state index in [9.17, 15) is 14.7 Å². The van der Waals surface area contributed by atoms with Crippen LogP contribution in [-0.2, 0) is 11.8 Å². The Morgan fingerprint density at radius 3 is 2.24 bits per heavy atom. The van der Waals surface area contributed by atoms with E-state index in [4.69, 9.17) is 4.74 Å². The maximum atomic E-state index is 13.4. The Balaban J connectivity index is 1.23. The van der Waals surface area contributed by atoms with Crippen LogP contribution < -0.4 is 10.1 Å². The first-order chi connectivity index (χ1) is 17.8. The summed E-state index contributed by atoms with van der Waals surface area (Å²) < 4.78 is 8.11. The summed E-state index contributed by atoms with van der Waals surface area (Å²) in [7, 11) is 1.93. The molecule has 4 aromatic rings. The summed E-state index contributed by atoms with van der Waals surface area (Å²) in [6.45, 7) is 4.76. The van der Waals surface area contributed by atoms with E-state index in [0.29, 0.717) is 43.0 Å². The predicted molar refractivity (Wildman–Crippen MR) is 138 cm³/mol. The van der Waals surface area contributed by atoms with Crippen molar-refractivity contribution in [2.24, 2.45) is 13.0 Å². The predicted octanol–water partition coefficient (Wildman–Crippen LogP) is 3.05. The molecule has 2 N–H and O–H groups in total. The second kappa shape index (κ2) is 10.0. The van der Waals surface area contributed by atoms with Gasteiger partial charge in [0.15, 0.2) is 5.69 Å². The van der Waals surface area contributed by atoms with Crippen LogP contribution in [0.3, 0.4) is 0 Å². The highest BCUT2D eigenvalue weighted by molar-refractivity contribution is 5.99. The number of carbonyl (C=O) groups excluding carboxylic acids is 2. The summed E-state index contributed by atoms with van der Waals surface area (Å²) in [5.41, 5.74) is 2.65. The molecule has 3 heterocycles. The molecule has 2 amide bonds. The molecule has 0 aliphatic carbocycles. The molecule has 10 heteroatoms. The van der Waals surface area contributed by atoms with E-state index in [1.54, 1.807) is 29.2 Å². The van der Waals surface area contributed by atoms with Crippen molar-refractivity contribution in [2.75, 3.05) is 13.1 Å². The maximum Gasteiger partial charge on any atom is 0.297 e. The van der Waals surface area contributed by atoms with Gasteiger partial charge in [-0.1, -0.05) is 38.1 Å². The fraction of sp³-hybridized carbons (Fsp3) is 0.370. The lowest BCUT2D eigenvalue weighted by molar-refractivity contribution is -0.136. The van der Waals surface area contributed by atoms with Gasteiger partial charge >= 0.3 is 0 Å². The number of nitrogens with zero attached hydrogens (tertiary/aromatic N) is 5. The SMILES string of the molecule is CC(C)[C@H](NC(=O)c1nc2ccccc2nc1O)C(=O)N1CCC(Oc2nc3ccccc3n2C)CC1. The first-order valence-corrected chi connectivity index (χ1v) is 12.5. The van der Waals surface area contributed by atoms with Crippen molar-refractivity contribution in [3.05, 3.63) is 54.2 Å². The van der Waals surface area contributed by atoms with Gasteiger partial charge in [0.25, 0.3) is 11.9 Å². The van der Waals surface area contributed by atoms with E-state index in [1.807, 2.05) is 49.7 Å². The molecule has 1 fully saturated rings. The van der Waals surface area contributed by atoms with E-state index in [2.05, 4.69) is 20.3 Å². The van der Waals surface area contributed by atoms with Crippen LogP contribution in [0.4, 0.5) is 0 Å². The molecule has 0 saturated carbocycles. The molecule has 2 aromatic carbocycles. The Morgan fingerprint density at radius 1 is 0.973 bits per heavy atom. The molecule has 10 nitrogen and oxygen atoms in total. The van der Waals surface area contributed by atoms with Crippen molar-refractivity contribution in [3.63, 3.8) is 0 Å². The minimum absolute atomic E-state index is 0.0588. The Labute approximate surface area is 214 Å². The minimum Gasteiger partial charge on any atom is -0.492 e. The number of aryl methyl sites for hydroxylation is 1. The lowest BCUT2D eigenvalue weighted by Gasteiger charge is -2.35. The number of hydrogen-bond acceptors (Lipinski definition) is 7. The number of amides is 2. The molecule has 0 radical (unpaired) electrons. The standard InChI is InChI=1S/C27H30N6O4/c1-16(2)22(31-25(35)23-24(34)29-19-9-5-4-8-18(19)28-23)26(36)33-14-12-17(13-15-33)37-27-30-20-10-6-7-11-21(20)32(27)3/h4-11,16-17,22H,12-15H2,1-3H3,(H,29,34)(H,31,35)/t22-/m0/s1. The van der Waals surface area contributed by atoms with Crippen LogP contribution in [0.15, 0.2) is 48.5 Å². The molecule has 2 aromatic heterocycles. The van der Waals surface area contributed by atoms with Gasteiger partial charge in [0.1, 0.15) is 12.1 Å². The van der Waals surface area contributed by atoms with Crippen molar-refractivity contribution in [1.82, 2.24) is 29.7 Å². The smallest absolute Gasteiger partial charge is 0.297 e. The molecule has 0 bridgehead atoms. The van der Waals surface area contributed by atoms with Crippen molar-refractivity contribution >= 4 is 33.9 Å². The Bertz CT molecular complexity index is 1460. The second-order valence-electron chi connectivity index (χ2n) is 9.66. The van der Waals surface area contributed by atoms with Crippen molar-refractivity contribution < 1.29 is 19.4 Å². The minimum atomic E-state index is -0.766. The van der Waals surface area contributed by atoms with Crippen molar-refractivity contribution in [3.8, 4) is 11.9 Å². The highest BCUT2D eigenvalue weighted by atomic mass is 16.5. The zero-order valence-corrected chi connectivity index (χ0v) is 21.1. The van der Waals surface area contributed by atoms with Gasteiger partial charge in [0, 0.05) is 33.0 Å². The first kappa shape index (κ1) is 24.5. The number of likely N-dealkylation sites (tertiary alicyclic amines) is 1. The molecule has 1 saturated heterocycles. The molecule has 1 atom stereocenters. The number of piperidine rings is 1. The lowest BCUT2D eigenvalue weighted by atomic mass is 10.00. The third-order valence-corrected chi connectivity index (χ3v) is 6.76. The van der Waals surface area contributed by atoms with E-state index < -0.39 is 17.8 Å². The third kappa shape index (κ3) is 4.91. The number of nitrogens with one attached hydrogen (secondary N) is 1. The number of rotatable bonds is 6. The molecule has 1 aliphatic heterocycles. The highest BCUT2D eigenvalue weighted by Gasteiger charge is 2.33. The molecule has 0 unspecified atom stereocenters. The van der Waals surface area contributed by atoms with E-state index in [0.717, 1.165) is 11.0 Å². The number of aromatic nitrogens is 4. The summed E-state index contributed by atoms with van der Waals surface area (Å²) >= 11 is 0. The molecule has 0 spiro atoms. The summed E-state index contributed by atoms with van der Waals surface area (Å²) in [6.07, 6.45) is 1.26. The second-order valence-corrected chi connectivity index (χ2v) is 9.66. The summed E-state index contributed by atoms with van der Waals surface area (Å²) in [5.74, 6) is -1.44. The van der Waals surface area contributed by atoms with Crippen LogP contribution in [0.25, 0.3) is 22.1 Å². The van der Waals surface area contributed by atoms with Gasteiger partial charge < -0.3 is 20.1 Å². The van der Waals surface area contributed by atoms with Crippen molar-refractivity contribution in [1.29, 1.82) is 0 Å². The summed E-state index contributed by atoms with van der Waals surface area (Å²) in [6, 6.07) is 14.6. The fourth-order valence-corrected chi connectivity index (χ4v) is 4.63. The number of para-hydroxylation sites is 4. The number of benzene rings is 2. The molecule has 192 valence electrons. The fourth-order valence-electron chi connectivity index (χ4n) is 4.63. The Kier molecular flexibility index (Phi) is 6.64. The Hall–Kier alpha value is -4.21. The molecule has 37 heavy (non-hydrogen) atoms. The van der Waals surface area contributed by atoms with Crippen LogP contribution in [0.1, 0.15) is 37.2 Å². The normalized spacial score (nSPS) is 15.3. The third-order valence-electron chi connectivity index (χ3n) is 6.76. The molecular formula is C27H30N6O4. The van der Waals surface area contributed by atoms with Gasteiger partial charge in [-0.3, -0.25) is 14.2 Å². The number of fused-ring (bicyclic) bond motifs is 2. The van der Waals surface area contributed by atoms with Gasteiger partial charge in [-0.05, 0) is 30.2 Å². The number of aromatic hydroxyl groups is 1. The number of imidazole rings is 1. The van der Waals surface area contributed by atoms with Crippen LogP contribution in [0.5, 0.6) is 11.9 Å². The topological polar surface area (TPSA) is 122 Å². The zero-order valence-electron chi connectivity index (χ0n) is 21.1. The van der Waals surface area contributed by atoms with Gasteiger partial charge in [-0.15, -0.1) is 0 Å². The van der Waals surface area contributed by atoms with E-state index in [1.165, 1.54) is 0 Å². The van der Waals surface area contributed by atoms with Gasteiger partial charge in [-0.2, -0.15) is 4.98 Å². The maximum absolute atomic E-state index is 13.4. The van der Waals surface area contributed by atoms with Crippen LogP contribution in [0, 0.1) is 5.92 Å². The molecule has 1 aliphatic rings. The number of carbonyl (C=O) groups is 2. The first-order valence-electron chi connectivity index (χ1n) is 12.5. The monoisotopic (exact) mass is 502 g/mol. The van der Waals surface area contributed by atoms with Crippen LogP contribution >= 0.6 is 0 Å². The quantitative estimate of drug-likeness (QED) is 0.415. The summed E-state index contributed by atoms with van der Waals surface area (Å²) in [4.78, 5) is 41.1. The molecule has 5 rings (SSSR count). The van der Waals surface area contributed by atoms with Crippen LogP contribution in [-0.4, -0.2) is 66.6 Å². The number of ether oxygens (including phenoxy) is 1. The van der Waals surface area contributed by atoms with E-state index >= 15 is 0 Å². The Morgan fingerprint density at radius 2 is 1.59 bits per heavy atom.